The van der Waals surface area contributed by atoms with E-state index in [-0.39, 0.29) is 11.8 Å². The normalized spacial score (nSPS) is 15.6. The highest BCUT2D eigenvalue weighted by Crippen LogP contribution is 2.14. The molecule has 1 aromatic heterocycles. The monoisotopic (exact) mass is 199 g/mol. The molecule has 4 nitrogen and oxygen atoms in total. The van der Waals surface area contributed by atoms with Gasteiger partial charge in [0, 0.05) is 13.0 Å². The van der Waals surface area contributed by atoms with Crippen molar-refractivity contribution in [3.63, 3.8) is 0 Å². The minimum atomic E-state index is -0.0121. The number of H-pyrrole nitrogens is 1. The molecule has 0 fully saturated rings. The Morgan fingerprint density at radius 3 is 3.38 bits per heavy atom. The lowest BCUT2D eigenvalue weighted by Gasteiger charge is -2.25. The van der Waals surface area contributed by atoms with Crippen molar-refractivity contribution < 1.29 is 4.79 Å². The molecule has 0 aromatic carbocycles. The van der Waals surface area contributed by atoms with Gasteiger partial charge in [-0.2, -0.15) is 0 Å². The third kappa shape index (κ3) is 1.54. The van der Waals surface area contributed by atoms with Crippen LogP contribution in [0.2, 0.25) is 0 Å². The van der Waals surface area contributed by atoms with Gasteiger partial charge in [0.05, 0.1) is 24.3 Å². The van der Waals surface area contributed by atoms with E-state index >= 15 is 0 Å². The standard InChI is InChI=1S/C8H10ClN3O/c9-3-8(13)12-2-1-6-7(4-12)11-5-10-6/h5H,1-4H2,(H,10,11). The second-order valence-corrected chi connectivity index (χ2v) is 3.29. The van der Waals surface area contributed by atoms with Crippen molar-refractivity contribution >= 4 is 17.5 Å². The number of nitrogens with zero attached hydrogens (tertiary/aromatic N) is 2. The molecule has 70 valence electrons. The van der Waals surface area contributed by atoms with Gasteiger partial charge in [-0.15, -0.1) is 11.6 Å². The summed E-state index contributed by atoms with van der Waals surface area (Å²) in [5, 5.41) is 0. The van der Waals surface area contributed by atoms with E-state index in [0.29, 0.717) is 6.54 Å². The molecule has 0 atom stereocenters. The first kappa shape index (κ1) is 8.56. The Labute approximate surface area is 80.9 Å². The van der Waals surface area contributed by atoms with Gasteiger partial charge in [-0.1, -0.05) is 0 Å². The number of carbonyl (C=O) groups is 1. The van der Waals surface area contributed by atoms with E-state index in [1.54, 1.807) is 11.2 Å². The lowest BCUT2D eigenvalue weighted by atomic mass is 10.1. The molecule has 1 aliphatic heterocycles. The van der Waals surface area contributed by atoms with Crippen molar-refractivity contribution in [2.75, 3.05) is 12.4 Å². The predicted molar refractivity (Wildman–Crippen MR) is 48.4 cm³/mol. The molecule has 1 aliphatic rings. The van der Waals surface area contributed by atoms with E-state index < -0.39 is 0 Å². The van der Waals surface area contributed by atoms with Crippen LogP contribution in [0.1, 0.15) is 11.4 Å². The fourth-order valence-corrected chi connectivity index (χ4v) is 1.68. The first-order chi connectivity index (χ1) is 6.31. The van der Waals surface area contributed by atoms with E-state index in [0.717, 1.165) is 24.4 Å². The van der Waals surface area contributed by atoms with Gasteiger partial charge < -0.3 is 9.88 Å². The number of hydrogen-bond donors (Lipinski definition) is 1. The smallest absolute Gasteiger partial charge is 0.237 e. The quantitative estimate of drug-likeness (QED) is 0.671. The molecule has 0 saturated heterocycles. The zero-order valence-electron chi connectivity index (χ0n) is 7.09. The summed E-state index contributed by atoms with van der Waals surface area (Å²) in [4.78, 5) is 20.2. The van der Waals surface area contributed by atoms with E-state index in [9.17, 15) is 4.79 Å². The number of alkyl halides is 1. The fraction of sp³-hybridized carbons (Fsp3) is 0.500. The maximum Gasteiger partial charge on any atom is 0.237 e. The van der Waals surface area contributed by atoms with E-state index in [1.807, 2.05) is 0 Å². The molecule has 1 aromatic rings. The number of hydrogen-bond acceptors (Lipinski definition) is 2. The summed E-state index contributed by atoms with van der Waals surface area (Å²) >= 11 is 5.47. The molecular formula is C8H10ClN3O. The number of fused-ring (bicyclic) bond motifs is 1. The van der Waals surface area contributed by atoms with Gasteiger partial charge >= 0.3 is 0 Å². The predicted octanol–water partition coefficient (Wildman–Crippen LogP) is 0.533. The van der Waals surface area contributed by atoms with Gasteiger partial charge in [0.2, 0.25) is 5.91 Å². The van der Waals surface area contributed by atoms with E-state index in [2.05, 4.69) is 9.97 Å². The van der Waals surface area contributed by atoms with Crippen LogP contribution in [0.4, 0.5) is 0 Å². The molecule has 0 unspecified atom stereocenters. The Hall–Kier alpha value is -1.03. The van der Waals surface area contributed by atoms with E-state index in [4.69, 9.17) is 11.6 Å². The van der Waals surface area contributed by atoms with Crippen molar-refractivity contribution in [2.24, 2.45) is 0 Å². The van der Waals surface area contributed by atoms with Crippen LogP contribution in [-0.2, 0) is 17.8 Å². The molecule has 13 heavy (non-hydrogen) atoms. The number of amides is 1. The van der Waals surface area contributed by atoms with Crippen molar-refractivity contribution in [2.45, 2.75) is 13.0 Å². The molecule has 0 saturated carbocycles. The highest BCUT2D eigenvalue weighted by atomic mass is 35.5. The van der Waals surface area contributed by atoms with Crippen molar-refractivity contribution in [1.82, 2.24) is 14.9 Å². The number of aromatic nitrogens is 2. The maximum atomic E-state index is 11.3. The highest BCUT2D eigenvalue weighted by Gasteiger charge is 2.21. The van der Waals surface area contributed by atoms with Crippen LogP contribution in [0.5, 0.6) is 0 Å². The molecule has 1 amide bonds. The molecule has 2 heterocycles. The summed E-state index contributed by atoms with van der Waals surface area (Å²) in [7, 11) is 0. The molecule has 5 heteroatoms. The first-order valence-corrected chi connectivity index (χ1v) is 4.69. The van der Waals surface area contributed by atoms with Crippen molar-refractivity contribution in [1.29, 1.82) is 0 Å². The molecule has 0 aliphatic carbocycles. The van der Waals surface area contributed by atoms with Crippen LogP contribution in [-0.4, -0.2) is 33.2 Å². The molecule has 0 bridgehead atoms. The van der Waals surface area contributed by atoms with Gasteiger partial charge in [-0.3, -0.25) is 4.79 Å². The lowest BCUT2D eigenvalue weighted by molar-refractivity contribution is -0.129. The lowest BCUT2D eigenvalue weighted by Crippen LogP contribution is -2.36. The van der Waals surface area contributed by atoms with Crippen LogP contribution in [0.15, 0.2) is 6.33 Å². The molecular weight excluding hydrogens is 190 g/mol. The Bertz CT molecular complexity index is 323. The molecule has 1 N–H and O–H groups in total. The number of carbonyl (C=O) groups excluding carboxylic acids is 1. The fourth-order valence-electron chi connectivity index (χ4n) is 1.51. The number of rotatable bonds is 1. The number of halogens is 1. The third-order valence-electron chi connectivity index (χ3n) is 2.24. The minimum absolute atomic E-state index is 0.0121. The summed E-state index contributed by atoms with van der Waals surface area (Å²) in [5.41, 5.74) is 2.10. The molecule has 0 spiro atoms. The molecule has 0 radical (unpaired) electrons. The van der Waals surface area contributed by atoms with Crippen LogP contribution < -0.4 is 0 Å². The van der Waals surface area contributed by atoms with Crippen molar-refractivity contribution in [3.05, 3.63) is 17.7 Å². The van der Waals surface area contributed by atoms with Gasteiger partial charge in [-0.05, 0) is 0 Å². The minimum Gasteiger partial charge on any atom is -0.347 e. The second-order valence-electron chi connectivity index (χ2n) is 3.03. The largest absolute Gasteiger partial charge is 0.347 e. The van der Waals surface area contributed by atoms with Gasteiger partial charge in [0.25, 0.3) is 0 Å². The summed E-state index contributed by atoms with van der Waals surface area (Å²) in [6.07, 6.45) is 2.49. The van der Waals surface area contributed by atoms with Crippen LogP contribution in [0.3, 0.4) is 0 Å². The van der Waals surface area contributed by atoms with Crippen LogP contribution in [0, 0.1) is 0 Å². The van der Waals surface area contributed by atoms with Gasteiger partial charge in [0.15, 0.2) is 0 Å². The maximum absolute atomic E-state index is 11.3. The summed E-state index contributed by atoms with van der Waals surface area (Å²) in [5.74, 6) is 0.0469. The summed E-state index contributed by atoms with van der Waals surface area (Å²) in [6.45, 7) is 1.34. The Morgan fingerprint density at radius 1 is 1.77 bits per heavy atom. The molecule has 2 rings (SSSR count). The average molecular weight is 200 g/mol. The average Bonchev–Trinajstić information content (AvgIpc) is 2.63. The van der Waals surface area contributed by atoms with Crippen molar-refractivity contribution in [3.8, 4) is 0 Å². The third-order valence-corrected chi connectivity index (χ3v) is 2.47. The summed E-state index contributed by atoms with van der Waals surface area (Å²) in [6, 6.07) is 0. The zero-order chi connectivity index (χ0) is 9.26. The Kier molecular flexibility index (Phi) is 2.22. The van der Waals surface area contributed by atoms with Crippen LogP contribution in [0.25, 0.3) is 0 Å². The first-order valence-electron chi connectivity index (χ1n) is 4.16. The second kappa shape index (κ2) is 3.38. The van der Waals surface area contributed by atoms with Gasteiger partial charge in [0.1, 0.15) is 5.88 Å². The number of imidazole rings is 1. The topological polar surface area (TPSA) is 49.0 Å². The Morgan fingerprint density at radius 2 is 2.62 bits per heavy atom. The number of nitrogens with one attached hydrogen (secondary N) is 1. The zero-order valence-corrected chi connectivity index (χ0v) is 7.84. The SMILES string of the molecule is O=C(CCl)N1CCc2nc[nH]c2C1. The van der Waals surface area contributed by atoms with E-state index in [1.165, 1.54) is 0 Å². The van der Waals surface area contributed by atoms with Crippen LogP contribution >= 0.6 is 11.6 Å². The highest BCUT2D eigenvalue weighted by molar-refractivity contribution is 6.27. The van der Waals surface area contributed by atoms with Gasteiger partial charge in [-0.25, -0.2) is 4.98 Å². The Balaban J connectivity index is 2.13. The summed E-state index contributed by atoms with van der Waals surface area (Å²) < 4.78 is 0. The number of aromatic amines is 1.